The van der Waals surface area contributed by atoms with Gasteiger partial charge in [-0.1, -0.05) is 13.3 Å². The first-order valence-electron chi connectivity index (χ1n) is 1.71. The van der Waals surface area contributed by atoms with E-state index in [9.17, 15) is 0 Å². The maximum Gasteiger partial charge on any atom is 2.00 e. The number of hydrogen-bond acceptors (Lipinski definition) is 0. The van der Waals surface area contributed by atoms with E-state index in [1.165, 1.54) is 6.42 Å². The maximum absolute atomic E-state index is 3.60. The van der Waals surface area contributed by atoms with Gasteiger partial charge in [-0.25, -0.2) is 0 Å². The SMILES string of the molecule is [Br-].[CH2-]CCC.[Mn+2]. The van der Waals surface area contributed by atoms with Gasteiger partial charge in [0.25, 0.3) is 0 Å². The van der Waals surface area contributed by atoms with Gasteiger partial charge in [-0.3, -0.25) is 0 Å². The molecule has 1 radical (unpaired) electrons. The molecule has 0 amide bonds. The Labute approximate surface area is 60.9 Å². The number of halogens is 1. The molecule has 0 aliphatic carbocycles. The molecule has 0 unspecified atom stereocenters. The number of unbranched alkanes of at least 4 members (excludes halogenated alkanes) is 1. The van der Waals surface area contributed by atoms with Gasteiger partial charge in [0.1, 0.15) is 0 Å². The Bertz CT molecular complexity index is 9.51. The summed E-state index contributed by atoms with van der Waals surface area (Å²) in [6.07, 6.45) is 2.28. The first-order chi connectivity index (χ1) is 1.91. The molecule has 2 heteroatoms. The van der Waals surface area contributed by atoms with Crippen molar-refractivity contribution >= 4 is 0 Å². The Morgan fingerprint density at radius 1 is 1.50 bits per heavy atom. The van der Waals surface area contributed by atoms with Gasteiger partial charge in [-0.05, 0) is 0 Å². The van der Waals surface area contributed by atoms with Crippen molar-refractivity contribution in [2.24, 2.45) is 0 Å². The van der Waals surface area contributed by atoms with Crippen molar-refractivity contribution in [3.63, 3.8) is 0 Å². The molecule has 0 rings (SSSR count). The van der Waals surface area contributed by atoms with Gasteiger partial charge in [0, 0.05) is 0 Å². The molecular formula is C4H9BrMn. The van der Waals surface area contributed by atoms with Crippen LogP contribution in [0.5, 0.6) is 0 Å². The average Bonchev–Trinajstić information content (AvgIpc) is 1.37. The van der Waals surface area contributed by atoms with Crippen LogP contribution in [0, 0.1) is 6.92 Å². The summed E-state index contributed by atoms with van der Waals surface area (Å²) in [4.78, 5) is 0. The van der Waals surface area contributed by atoms with Crippen LogP contribution in [0.15, 0.2) is 0 Å². The van der Waals surface area contributed by atoms with Crippen molar-refractivity contribution in [3.8, 4) is 0 Å². The van der Waals surface area contributed by atoms with E-state index in [0.717, 1.165) is 6.42 Å². The zero-order valence-electron chi connectivity index (χ0n) is 3.88. The van der Waals surface area contributed by atoms with Crippen LogP contribution in [0.2, 0.25) is 0 Å². The Morgan fingerprint density at radius 2 is 1.67 bits per heavy atom. The minimum absolute atomic E-state index is 0. The molecule has 0 aromatic carbocycles. The Morgan fingerprint density at radius 3 is 1.67 bits per heavy atom. The zero-order chi connectivity index (χ0) is 3.41. The van der Waals surface area contributed by atoms with Crippen LogP contribution in [0.1, 0.15) is 19.8 Å². The monoisotopic (exact) mass is 191 g/mol. The molecule has 0 bridgehead atoms. The molecule has 0 saturated heterocycles. The van der Waals surface area contributed by atoms with Crippen molar-refractivity contribution in [1.82, 2.24) is 0 Å². The molecule has 39 valence electrons. The third-order valence-electron chi connectivity index (χ3n) is 0.354. The molecule has 0 aliphatic rings. The normalized spacial score (nSPS) is 5.00. The van der Waals surface area contributed by atoms with E-state index in [-0.39, 0.29) is 34.1 Å². The van der Waals surface area contributed by atoms with E-state index in [1.54, 1.807) is 0 Å². The maximum atomic E-state index is 3.60. The minimum Gasteiger partial charge on any atom is -1.00 e. The van der Waals surface area contributed by atoms with Crippen LogP contribution in [-0.4, -0.2) is 0 Å². The molecule has 0 aromatic heterocycles. The molecule has 0 spiro atoms. The molecular weight excluding hydrogens is 183 g/mol. The summed E-state index contributed by atoms with van der Waals surface area (Å²) in [5.41, 5.74) is 0. The van der Waals surface area contributed by atoms with Gasteiger partial charge in [0.15, 0.2) is 0 Å². The molecule has 0 aromatic rings. The number of hydrogen-bond donors (Lipinski definition) is 0. The van der Waals surface area contributed by atoms with Crippen LogP contribution in [0.3, 0.4) is 0 Å². The third-order valence-corrected chi connectivity index (χ3v) is 0.354. The van der Waals surface area contributed by atoms with Crippen molar-refractivity contribution in [2.45, 2.75) is 19.8 Å². The third kappa shape index (κ3) is 20.0. The van der Waals surface area contributed by atoms with E-state index < -0.39 is 0 Å². The first-order valence-corrected chi connectivity index (χ1v) is 1.71. The van der Waals surface area contributed by atoms with E-state index in [2.05, 4.69) is 13.8 Å². The molecule has 0 heterocycles. The van der Waals surface area contributed by atoms with E-state index >= 15 is 0 Å². The van der Waals surface area contributed by atoms with Crippen molar-refractivity contribution in [2.75, 3.05) is 0 Å². The quantitative estimate of drug-likeness (QED) is 0.355. The fourth-order valence-electron chi connectivity index (χ4n) is 0. The van der Waals surface area contributed by atoms with Gasteiger partial charge in [-0.15, -0.1) is 0 Å². The summed E-state index contributed by atoms with van der Waals surface area (Å²) in [5.74, 6) is 0. The van der Waals surface area contributed by atoms with Crippen LogP contribution < -0.4 is 17.0 Å². The molecule has 0 aliphatic heterocycles. The van der Waals surface area contributed by atoms with Crippen LogP contribution >= 0.6 is 0 Å². The zero-order valence-corrected chi connectivity index (χ0v) is 6.64. The molecule has 0 fully saturated rings. The van der Waals surface area contributed by atoms with Gasteiger partial charge in [-0.2, -0.15) is 6.42 Å². The summed E-state index contributed by atoms with van der Waals surface area (Å²) in [5, 5.41) is 0. The Kier molecular flexibility index (Phi) is 43.8. The smallest absolute Gasteiger partial charge is 1.00 e. The van der Waals surface area contributed by atoms with Gasteiger partial charge < -0.3 is 23.9 Å². The summed E-state index contributed by atoms with van der Waals surface area (Å²) < 4.78 is 0. The summed E-state index contributed by atoms with van der Waals surface area (Å²) in [7, 11) is 0. The van der Waals surface area contributed by atoms with E-state index in [0.29, 0.717) is 0 Å². The van der Waals surface area contributed by atoms with Crippen molar-refractivity contribution in [1.29, 1.82) is 0 Å². The first kappa shape index (κ1) is 15.8. The van der Waals surface area contributed by atoms with Crippen LogP contribution in [-0.2, 0) is 17.1 Å². The second-order valence-electron chi connectivity index (χ2n) is 0.854. The second-order valence-corrected chi connectivity index (χ2v) is 0.854. The Balaban J connectivity index is -0.0000000450. The Hall–Kier alpha value is 0.999. The number of rotatable bonds is 1. The summed E-state index contributed by atoms with van der Waals surface area (Å²) in [6.45, 7) is 5.72. The van der Waals surface area contributed by atoms with Crippen LogP contribution in [0.4, 0.5) is 0 Å². The molecule has 0 nitrogen and oxygen atoms in total. The van der Waals surface area contributed by atoms with Gasteiger partial charge in [0.05, 0.1) is 0 Å². The predicted molar refractivity (Wildman–Crippen MR) is 20.3 cm³/mol. The topological polar surface area (TPSA) is 0 Å². The van der Waals surface area contributed by atoms with Gasteiger partial charge >= 0.3 is 17.1 Å². The average molecular weight is 192 g/mol. The molecule has 0 N–H and O–H groups in total. The van der Waals surface area contributed by atoms with E-state index in [1.807, 2.05) is 0 Å². The van der Waals surface area contributed by atoms with Crippen LogP contribution in [0.25, 0.3) is 0 Å². The largest absolute Gasteiger partial charge is 2.00 e. The van der Waals surface area contributed by atoms with Gasteiger partial charge in [0.2, 0.25) is 0 Å². The van der Waals surface area contributed by atoms with Crippen molar-refractivity contribution < 1.29 is 34.1 Å². The second kappa shape index (κ2) is 16.7. The summed E-state index contributed by atoms with van der Waals surface area (Å²) in [6, 6.07) is 0. The van der Waals surface area contributed by atoms with Crippen molar-refractivity contribution in [3.05, 3.63) is 6.92 Å². The standard InChI is InChI=1S/C4H9.BrH.Mn/c1-3-4-2;;/h1,3-4H2,2H3;1H;/q-1;;+2/p-1. The van der Waals surface area contributed by atoms with E-state index in [4.69, 9.17) is 0 Å². The summed E-state index contributed by atoms with van der Waals surface area (Å²) >= 11 is 0. The fraction of sp³-hybridized carbons (Fsp3) is 0.750. The fourth-order valence-corrected chi connectivity index (χ4v) is 0. The molecule has 0 atom stereocenters. The minimum atomic E-state index is 0. The predicted octanol–water partition coefficient (Wildman–Crippen LogP) is -1.38. The molecule has 6 heavy (non-hydrogen) atoms. The molecule has 0 saturated carbocycles.